The molecule has 1 amide bonds. The molecule has 2 aliphatic carbocycles. The normalized spacial score (nSPS) is 18.5. The molecule has 3 aliphatic rings. The van der Waals surface area contributed by atoms with E-state index in [1.54, 1.807) is 19.6 Å². The summed E-state index contributed by atoms with van der Waals surface area (Å²) in [6, 6.07) is 9.80. The number of benzene rings is 1. The molecule has 1 atom stereocenters. The fraction of sp³-hybridized carbons (Fsp3) is 0.455. The van der Waals surface area contributed by atoms with Crippen LogP contribution >= 0.6 is 0 Å². The van der Waals surface area contributed by atoms with Crippen molar-refractivity contribution in [3.8, 4) is 11.5 Å². The second kappa shape index (κ2) is 12.3. The molecular formula is C33H42N6O4S. The number of aromatic nitrogens is 2. The number of carbonyl (C=O) groups is 1. The third kappa shape index (κ3) is 6.21. The number of anilines is 3. The Hall–Kier alpha value is -3.83. The van der Waals surface area contributed by atoms with Crippen LogP contribution < -0.4 is 35.0 Å². The highest BCUT2D eigenvalue weighted by atomic mass is 32.2. The molecule has 2 aromatic heterocycles. The molecule has 2 N–H and O–H groups in total. The summed E-state index contributed by atoms with van der Waals surface area (Å²) >= 11 is 0. The summed E-state index contributed by atoms with van der Waals surface area (Å²) in [5.74, 6) is 2.69. The smallest absolute Gasteiger partial charge is 0.272 e. The van der Waals surface area contributed by atoms with Crippen molar-refractivity contribution in [2.45, 2.75) is 44.4 Å². The Bertz CT molecular complexity index is 1720. The Kier molecular flexibility index (Phi) is 8.43. The van der Waals surface area contributed by atoms with Crippen LogP contribution in [0.3, 0.4) is 0 Å². The van der Waals surface area contributed by atoms with Gasteiger partial charge in [-0.25, -0.2) is 9.19 Å². The van der Waals surface area contributed by atoms with Crippen LogP contribution in [0.5, 0.6) is 11.5 Å². The van der Waals surface area contributed by atoms with Gasteiger partial charge in [-0.1, -0.05) is 13.0 Å². The number of nitrogens with one attached hydrogen (secondary N) is 2. The van der Waals surface area contributed by atoms with Crippen LogP contribution in [0.2, 0.25) is 0 Å². The van der Waals surface area contributed by atoms with E-state index in [2.05, 4.69) is 44.9 Å². The largest absolute Gasteiger partial charge is 0.492 e. The first-order chi connectivity index (χ1) is 21.1. The minimum absolute atomic E-state index is 0.0348. The summed E-state index contributed by atoms with van der Waals surface area (Å²) in [7, 11) is 4.30. The number of carbonyl (C=O) groups excluding carboxylic acids is 1. The number of amides is 1. The highest BCUT2D eigenvalue weighted by molar-refractivity contribution is 7.85. The van der Waals surface area contributed by atoms with E-state index in [4.69, 9.17) is 9.47 Å². The highest BCUT2D eigenvalue weighted by Crippen LogP contribution is 2.50. The van der Waals surface area contributed by atoms with Gasteiger partial charge in [0.25, 0.3) is 5.91 Å². The van der Waals surface area contributed by atoms with E-state index >= 15 is 0 Å². The lowest BCUT2D eigenvalue weighted by atomic mass is 9.96. The zero-order valence-corrected chi connectivity index (χ0v) is 27.1. The second-order valence-corrected chi connectivity index (χ2v) is 13.4. The van der Waals surface area contributed by atoms with Crippen LogP contribution in [0.15, 0.2) is 36.5 Å². The fourth-order valence-corrected chi connectivity index (χ4v) is 6.54. The Morgan fingerprint density at radius 1 is 1.07 bits per heavy atom. The first kappa shape index (κ1) is 30.2. The van der Waals surface area contributed by atoms with E-state index in [0.29, 0.717) is 22.8 Å². The molecule has 1 aromatic carbocycles. The summed E-state index contributed by atoms with van der Waals surface area (Å²) in [6.45, 7) is 6.07. The molecule has 11 heteroatoms. The zero-order chi connectivity index (χ0) is 31.0. The van der Waals surface area contributed by atoms with E-state index in [0.717, 1.165) is 91.7 Å². The lowest BCUT2D eigenvalue weighted by Crippen LogP contribution is -2.44. The molecule has 10 nitrogen and oxygen atoms in total. The predicted molar refractivity (Wildman–Crippen MR) is 176 cm³/mol. The highest BCUT2D eigenvalue weighted by Gasteiger charge is 2.40. The number of ether oxygens (including phenoxy) is 2. The topological polar surface area (TPSA) is 101 Å². The molecule has 1 unspecified atom stereocenters. The van der Waals surface area contributed by atoms with Crippen LogP contribution in [0.25, 0.3) is 11.8 Å². The van der Waals surface area contributed by atoms with Gasteiger partial charge >= 0.3 is 0 Å². The molecular weight excluding hydrogens is 576 g/mol. The lowest BCUT2D eigenvalue weighted by molar-refractivity contribution is 0.101. The first-order valence-electron chi connectivity index (χ1n) is 15.3. The zero-order valence-electron chi connectivity index (χ0n) is 26.2. The number of piperazine rings is 1. The second-order valence-electron chi connectivity index (χ2n) is 12.3. The quantitative estimate of drug-likeness (QED) is 0.380. The Morgan fingerprint density at radius 2 is 1.82 bits per heavy atom. The number of pyridine rings is 1. The van der Waals surface area contributed by atoms with Crippen molar-refractivity contribution in [2.75, 3.05) is 61.5 Å². The molecule has 2 fully saturated rings. The maximum Gasteiger partial charge on any atom is 0.272 e. The van der Waals surface area contributed by atoms with Crippen molar-refractivity contribution in [3.05, 3.63) is 58.4 Å². The summed E-state index contributed by atoms with van der Waals surface area (Å²) in [5.41, 5.74) is 2.77. The fourth-order valence-electron chi connectivity index (χ4n) is 6.08. The number of methoxy groups -OCH3 is 1. The van der Waals surface area contributed by atoms with E-state index < -0.39 is 11.0 Å². The molecule has 0 radical (unpaired) electrons. The van der Waals surface area contributed by atoms with Gasteiger partial charge < -0.3 is 33.9 Å². The van der Waals surface area contributed by atoms with Gasteiger partial charge in [-0.2, -0.15) is 0 Å². The molecule has 3 aromatic rings. The van der Waals surface area contributed by atoms with Crippen molar-refractivity contribution >= 4 is 45.9 Å². The van der Waals surface area contributed by atoms with Crippen LogP contribution in [-0.4, -0.2) is 71.2 Å². The van der Waals surface area contributed by atoms with Crippen molar-refractivity contribution in [3.63, 3.8) is 0 Å². The van der Waals surface area contributed by atoms with Crippen molar-refractivity contribution in [2.24, 2.45) is 7.05 Å². The van der Waals surface area contributed by atoms with E-state index in [-0.39, 0.29) is 11.3 Å². The van der Waals surface area contributed by atoms with Crippen molar-refractivity contribution in [1.29, 1.82) is 0 Å². The van der Waals surface area contributed by atoms with Gasteiger partial charge in [0.1, 0.15) is 34.0 Å². The molecule has 1 aliphatic heterocycles. The number of hydrogen-bond donors (Lipinski definition) is 2. The van der Waals surface area contributed by atoms with Gasteiger partial charge in [0, 0.05) is 58.2 Å². The molecule has 234 valence electrons. The van der Waals surface area contributed by atoms with Gasteiger partial charge in [-0.3, -0.25) is 4.79 Å². The van der Waals surface area contributed by atoms with Crippen LogP contribution in [0, 0.1) is 0 Å². The van der Waals surface area contributed by atoms with Crippen molar-refractivity contribution < 1.29 is 18.5 Å². The summed E-state index contributed by atoms with van der Waals surface area (Å²) in [6.07, 6.45) is 10.3. The lowest BCUT2D eigenvalue weighted by Gasteiger charge is -2.33. The minimum Gasteiger partial charge on any atom is -0.492 e. The molecule has 1 saturated carbocycles. The first-order valence-corrected chi connectivity index (χ1v) is 16.8. The number of nitrogens with zero attached hydrogens (tertiary/aromatic N) is 4. The van der Waals surface area contributed by atoms with E-state index in [9.17, 15) is 9.00 Å². The molecule has 1 saturated heterocycles. The number of fused-ring (bicyclic) bond motifs is 1. The monoisotopic (exact) mass is 618 g/mol. The van der Waals surface area contributed by atoms with Gasteiger partial charge in [0.15, 0.2) is 5.75 Å². The van der Waals surface area contributed by atoms with Gasteiger partial charge in [0.05, 0.1) is 23.8 Å². The number of hydrogen-bond acceptors (Lipinski definition) is 7. The predicted octanol–water partition coefficient (Wildman–Crippen LogP) is 3.34. The maximum absolute atomic E-state index is 13.9. The number of likely N-dealkylation sites (N-methyl/N-ethyl adjacent to an activating group) is 1. The third-order valence-electron chi connectivity index (χ3n) is 9.01. The van der Waals surface area contributed by atoms with Gasteiger partial charge in [-0.05, 0) is 73.2 Å². The van der Waals surface area contributed by atoms with Gasteiger partial charge in [-0.15, -0.1) is 0 Å². The SMILES string of the molecule is COc1c(NC(=O)c2cc3c(n2C)=C(Oc2ccnc(N4CCN(C)CC4)c2)CCCC=3)cc(C2(C)CC2)cc1NS(C)=O. The third-order valence-corrected chi connectivity index (χ3v) is 9.52. The molecule has 3 heterocycles. The molecule has 44 heavy (non-hydrogen) atoms. The average Bonchev–Trinajstić information content (AvgIpc) is 3.71. The molecule has 0 spiro atoms. The summed E-state index contributed by atoms with van der Waals surface area (Å²) < 4.78 is 29.3. The van der Waals surface area contributed by atoms with Gasteiger partial charge in [0.2, 0.25) is 0 Å². The summed E-state index contributed by atoms with van der Waals surface area (Å²) in [4.78, 5) is 23.1. The minimum atomic E-state index is -1.30. The molecule has 0 bridgehead atoms. The Morgan fingerprint density at radius 3 is 2.52 bits per heavy atom. The Labute approximate surface area is 261 Å². The van der Waals surface area contributed by atoms with Crippen LogP contribution in [0.4, 0.5) is 17.2 Å². The van der Waals surface area contributed by atoms with E-state index in [1.165, 1.54) is 0 Å². The van der Waals surface area contributed by atoms with Crippen molar-refractivity contribution in [1.82, 2.24) is 14.5 Å². The summed E-state index contributed by atoms with van der Waals surface area (Å²) in [5, 5.41) is 4.99. The van der Waals surface area contributed by atoms with Crippen LogP contribution in [-0.2, 0) is 23.4 Å². The van der Waals surface area contributed by atoms with E-state index in [1.807, 2.05) is 41.9 Å². The standard InChI is InChI=1S/C33H42N6O4S/c1-33(11-12-33)23-19-25(31(42-4)26(20-23)36-44(5)41)35-32(40)27-18-22-8-6-7-9-28(30(22)38(27)3)43-24-10-13-34-29(21-24)39-16-14-37(2)15-17-39/h8,10,13,18-21,36H,6-7,9,11-12,14-17H2,1-5H3,(H,35,40). The maximum atomic E-state index is 13.9. The molecule has 6 rings (SSSR count). The average molecular weight is 619 g/mol. The van der Waals surface area contributed by atoms with Crippen LogP contribution in [0.1, 0.15) is 55.1 Å². The Balaban J connectivity index is 1.33. The number of rotatable bonds is 9.